The second kappa shape index (κ2) is 7.89. The summed E-state index contributed by atoms with van der Waals surface area (Å²) >= 11 is 0. The van der Waals surface area contributed by atoms with Gasteiger partial charge in [-0.2, -0.15) is 0 Å². The van der Waals surface area contributed by atoms with Gasteiger partial charge in [-0.05, 0) is 26.1 Å². The number of aryl methyl sites for hydroxylation is 1. The molecule has 0 aliphatic rings. The van der Waals surface area contributed by atoms with E-state index >= 15 is 0 Å². The van der Waals surface area contributed by atoms with Crippen molar-refractivity contribution in [2.24, 2.45) is 7.05 Å². The molecule has 1 N–H and O–H groups in total. The van der Waals surface area contributed by atoms with Gasteiger partial charge in [-0.25, -0.2) is 4.98 Å². The number of aromatic nitrogens is 2. The van der Waals surface area contributed by atoms with Crippen LogP contribution in [0, 0.1) is 0 Å². The molecule has 1 unspecified atom stereocenters. The minimum Gasteiger partial charge on any atom is -0.491 e. The fraction of sp³-hybridized carbons (Fsp3) is 0.412. The standard InChI is InChI=1S/C17H23N3O3/c1-13(21)14-5-4-6-16(9-14)23-12-15(22)10-19(2)11-17-18-7-8-20(17)3/h4-9,15,22H,10-12H2,1-3H3. The second-order valence-electron chi connectivity index (χ2n) is 5.70. The molecule has 6 nitrogen and oxygen atoms in total. The number of likely N-dealkylation sites (N-methyl/N-ethyl adjacent to an activating group) is 1. The van der Waals surface area contributed by atoms with E-state index in [-0.39, 0.29) is 12.4 Å². The van der Waals surface area contributed by atoms with Gasteiger partial charge in [-0.3, -0.25) is 9.69 Å². The van der Waals surface area contributed by atoms with Gasteiger partial charge in [0.05, 0.1) is 6.54 Å². The molecule has 124 valence electrons. The molecule has 1 aromatic carbocycles. The summed E-state index contributed by atoms with van der Waals surface area (Å²) in [5, 5.41) is 10.1. The first-order valence-corrected chi connectivity index (χ1v) is 7.52. The fourth-order valence-corrected chi connectivity index (χ4v) is 2.26. The zero-order valence-corrected chi connectivity index (χ0v) is 13.8. The molecule has 1 aromatic heterocycles. The number of ether oxygens (including phenoxy) is 1. The van der Waals surface area contributed by atoms with Gasteiger partial charge in [-0.15, -0.1) is 0 Å². The van der Waals surface area contributed by atoms with Crippen LogP contribution < -0.4 is 4.74 Å². The number of Topliss-reactive ketones (excluding diaryl/α,β-unsaturated/α-hetero) is 1. The Morgan fingerprint density at radius 3 is 2.91 bits per heavy atom. The Morgan fingerprint density at radius 2 is 2.26 bits per heavy atom. The minimum atomic E-state index is -0.624. The molecular formula is C17H23N3O3. The van der Waals surface area contributed by atoms with Crippen LogP contribution in [0.2, 0.25) is 0 Å². The van der Waals surface area contributed by atoms with Crippen LogP contribution in [0.1, 0.15) is 23.1 Å². The summed E-state index contributed by atoms with van der Waals surface area (Å²) in [7, 11) is 3.87. The van der Waals surface area contributed by atoms with Crippen molar-refractivity contribution < 1.29 is 14.6 Å². The quantitative estimate of drug-likeness (QED) is 0.747. The normalized spacial score (nSPS) is 12.4. The summed E-state index contributed by atoms with van der Waals surface area (Å²) in [6, 6.07) is 6.97. The molecular weight excluding hydrogens is 294 g/mol. The molecule has 2 rings (SSSR count). The van der Waals surface area contributed by atoms with E-state index in [2.05, 4.69) is 4.98 Å². The first-order chi connectivity index (χ1) is 11.0. The Balaban J connectivity index is 1.80. The molecule has 0 saturated heterocycles. The van der Waals surface area contributed by atoms with Crippen LogP contribution in [0.5, 0.6) is 5.75 Å². The highest BCUT2D eigenvalue weighted by Crippen LogP contribution is 2.14. The number of benzene rings is 1. The van der Waals surface area contributed by atoms with Crippen molar-refractivity contribution in [3.05, 3.63) is 48.0 Å². The number of aliphatic hydroxyl groups is 1. The number of carbonyl (C=O) groups is 1. The minimum absolute atomic E-state index is 0.00852. The summed E-state index contributed by atoms with van der Waals surface area (Å²) in [5.41, 5.74) is 0.601. The third-order valence-electron chi connectivity index (χ3n) is 3.54. The van der Waals surface area contributed by atoms with Crippen molar-refractivity contribution in [1.29, 1.82) is 0 Å². The van der Waals surface area contributed by atoms with Gasteiger partial charge in [0, 0.05) is 31.5 Å². The third-order valence-corrected chi connectivity index (χ3v) is 3.54. The number of nitrogens with zero attached hydrogens (tertiary/aromatic N) is 3. The molecule has 23 heavy (non-hydrogen) atoms. The number of imidazole rings is 1. The molecule has 2 aromatic rings. The van der Waals surface area contributed by atoms with Gasteiger partial charge >= 0.3 is 0 Å². The summed E-state index contributed by atoms with van der Waals surface area (Å²) in [4.78, 5) is 17.6. The SMILES string of the molecule is CC(=O)c1cccc(OCC(O)CN(C)Cc2nccn2C)c1. The van der Waals surface area contributed by atoms with E-state index in [1.807, 2.05) is 29.8 Å². The topological polar surface area (TPSA) is 67.6 Å². The Labute approximate surface area is 136 Å². The maximum absolute atomic E-state index is 11.3. The zero-order valence-electron chi connectivity index (χ0n) is 13.8. The molecule has 1 heterocycles. The van der Waals surface area contributed by atoms with E-state index in [1.165, 1.54) is 6.92 Å². The molecule has 0 aliphatic heterocycles. The second-order valence-corrected chi connectivity index (χ2v) is 5.70. The Kier molecular flexibility index (Phi) is 5.90. The van der Waals surface area contributed by atoms with Crippen molar-refractivity contribution in [3.8, 4) is 5.75 Å². The third kappa shape index (κ3) is 5.19. The van der Waals surface area contributed by atoms with Crippen LogP contribution in [0.4, 0.5) is 0 Å². The van der Waals surface area contributed by atoms with Crippen LogP contribution in [-0.4, -0.2) is 51.6 Å². The van der Waals surface area contributed by atoms with E-state index < -0.39 is 6.10 Å². The molecule has 0 saturated carbocycles. The lowest BCUT2D eigenvalue weighted by atomic mass is 10.1. The van der Waals surface area contributed by atoms with Gasteiger partial charge < -0.3 is 14.4 Å². The molecule has 0 bridgehead atoms. The fourth-order valence-electron chi connectivity index (χ4n) is 2.26. The van der Waals surface area contributed by atoms with Gasteiger partial charge in [0.25, 0.3) is 0 Å². The van der Waals surface area contributed by atoms with Crippen LogP contribution >= 0.6 is 0 Å². The Morgan fingerprint density at radius 1 is 1.48 bits per heavy atom. The molecule has 6 heteroatoms. The lowest BCUT2D eigenvalue weighted by Gasteiger charge is -2.20. The summed E-state index contributed by atoms with van der Waals surface area (Å²) < 4.78 is 7.52. The van der Waals surface area contributed by atoms with Gasteiger partial charge in [0.2, 0.25) is 0 Å². The van der Waals surface area contributed by atoms with E-state index in [4.69, 9.17) is 4.74 Å². The van der Waals surface area contributed by atoms with E-state index in [1.54, 1.807) is 30.5 Å². The number of hydrogen-bond donors (Lipinski definition) is 1. The molecule has 0 amide bonds. The Bertz CT molecular complexity index is 654. The number of ketones is 1. The Hall–Kier alpha value is -2.18. The lowest BCUT2D eigenvalue weighted by molar-refractivity contribution is 0.0734. The summed E-state index contributed by atoms with van der Waals surface area (Å²) in [5.74, 6) is 1.52. The monoisotopic (exact) mass is 317 g/mol. The highest BCUT2D eigenvalue weighted by Gasteiger charge is 2.12. The number of rotatable bonds is 8. The van der Waals surface area contributed by atoms with E-state index in [0.29, 0.717) is 24.4 Å². The van der Waals surface area contributed by atoms with Crippen molar-refractivity contribution in [3.63, 3.8) is 0 Å². The van der Waals surface area contributed by atoms with Crippen LogP contribution in [-0.2, 0) is 13.6 Å². The smallest absolute Gasteiger partial charge is 0.159 e. The first-order valence-electron chi connectivity index (χ1n) is 7.52. The van der Waals surface area contributed by atoms with Crippen LogP contribution in [0.3, 0.4) is 0 Å². The molecule has 1 atom stereocenters. The van der Waals surface area contributed by atoms with Crippen molar-refractivity contribution >= 4 is 5.78 Å². The molecule has 0 aliphatic carbocycles. The average Bonchev–Trinajstić information content (AvgIpc) is 2.90. The first kappa shape index (κ1) is 17.2. The van der Waals surface area contributed by atoms with Crippen LogP contribution in [0.25, 0.3) is 0 Å². The average molecular weight is 317 g/mol. The number of carbonyl (C=O) groups excluding carboxylic acids is 1. The lowest BCUT2D eigenvalue weighted by Crippen LogP contribution is -2.33. The van der Waals surface area contributed by atoms with Gasteiger partial charge in [0.15, 0.2) is 5.78 Å². The predicted octanol–water partition coefficient (Wildman–Crippen LogP) is 1.49. The zero-order chi connectivity index (χ0) is 16.8. The molecule has 0 fully saturated rings. The van der Waals surface area contributed by atoms with Crippen LogP contribution in [0.15, 0.2) is 36.7 Å². The molecule has 0 radical (unpaired) electrons. The van der Waals surface area contributed by atoms with Gasteiger partial charge in [0.1, 0.15) is 24.3 Å². The van der Waals surface area contributed by atoms with Crippen molar-refractivity contribution in [2.45, 2.75) is 19.6 Å². The largest absolute Gasteiger partial charge is 0.491 e. The van der Waals surface area contributed by atoms with Crippen molar-refractivity contribution in [1.82, 2.24) is 14.5 Å². The van der Waals surface area contributed by atoms with Crippen molar-refractivity contribution in [2.75, 3.05) is 20.2 Å². The summed E-state index contributed by atoms with van der Waals surface area (Å²) in [6.07, 6.45) is 3.02. The maximum Gasteiger partial charge on any atom is 0.159 e. The van der Waals surface area contributed by atoms with Gasteiger partial charge in [-0.1, -0.05) is 12.1 Å². The highest BCUT2D eigenvalue weighted by molar-refractivity contribution is 5.94. The predicted molar refractivity (Wildman–Crippen MR) is 87.5 cm³/mol. The summed E-state index contributed by atoms with van der Waals surface area (Å²) in [6.45, 7) is 2.81. The highest BCUT2D eigenvalue weighted by atomic mass is 16.5. The van der Waals surface area contributed by atoms with E-state index in [0.717, 1.165) is 5.82 Å². The molecule has 0 spiro atoms. The number of hydrogen-bond acceptors (Lipinski definition) is 5. The van der Waals surface area contributed by atoms with E-state index in [9.17, 15) is 9.90 Å². The number of aliphatic hydroxyl groups excluding tert-OH is 1. The maximum atomic E-state index is 11.3.